The van der Waals surface area contributed by atoms with Crippen LogP contribution in [0, 0.1) is 0 Å². The SMILES string of the molecule is NNC(Cc1cccnc1)c1cc2c(s1)CCC2. The third-order valence-electron chi connectivity index (χ3n) is 3.47. The van der Waals surface area contributed by atoms with Crippen LogP contribution < -0.4 is 11.3 Å². The maximum Gasteiger partial charge on any atom is 0.0594 e. The second-order valence-electron chi connectivity index (χ2n) is 4.74. The first kappa shape index (κ1) is 11.8. The molecular weight excluding hydrogens is 242 g/mol. The molecule has 2 heterocycles. The summed E-state index contributed by atoms with van der Waals surface area (Å²) >= 11 is 1.91. The topological polar surface area (TPSA) is 50.9 Å². The van der Waals surface area contributed by atoms with E-state index in [0.717, 1.165) is 6.42 Å². The number of aromatic nitrogens is 1. The molecule has 0 fully saturated rings. The van der Waals surface area contributed by atoms with Gasteiger partial charge in [0.1, 0.15) is 0 Å². The molecule has 3 N–H and O–H groups in total. The van der Waals surface area contributed by atoms with Gasteiger partial charge in [0.15, 0.2) is 0 Å². The van der Waals surface area contributed by atoms with Crippen LogP contribution in [0.25, 0.3) is 0 Å². The van der Waals surface area contributed by atoms with Crippen molar-refractivity contribution < 1.29 is 0 Å². The molecule has 0 amide bonds. The van der Waals surface area contributed by atoms with Crippen molar-refractivity contribution >= 4 is 11.3 Å². The maximum atomic E-state index is 5.71. The predicted molar refractivity (Wildman–Crippen MR) is 74.3 cm³/mol. The van der Waals surface area contributed by atoms with E-state index in [2.05, 4.69) is 22.5 Å². The summed E-state index contributed by atoms with van der Waals surface area (Å²) in [5, 5.41) is 0. The van der Waals surface area contributed by atoms with Crippen molar-refractivity contribution in [3.8, 4) is 0 Å². The molecule has 18 heavy (non-hydrogen) atoms. The first-order chi connectivity index (χ1) is 8.86. The fraction of sp³-hybridized carbons (Fsp3) is 0.357. The largest absolute Gasteiger partial charge is 0.271 e. The van der Waals surface area contributed by atoms with Gasteiger partial charge in [-0.2, -0.15) is 0 Å². The molecule has 0 radical (unpaired) electrons. The summed E-state index contributed by atoms with van der Waals surface area (Å²) in [7, 11) is 0. The molecule has 0 saturated carbocycles. The van der Waals surface area contributed by atoms with Gasteiger partial charge in [-0.15, -0.1) is 11.3 Å². The number of rotatable bonds is 4. The number of fused-ring (bicyclic) bond motifs is 1. The molecule has 0 aliphatic heterocycles. The Morgan fingerprint density at radius 2 is 2.39 bits per heavy atom. The highest BCUT2D eigenvalue weighted by atomic mass is 32.1. The summed E-state index contributed by atoms with van der Waals surface area (Å²) in [5.74, 6) is 5.71. The molecule has 3 nitrogen and oxygen atoms in total. The van der Waals surface area contributed by atoms with E-state index in [0.29, 0.717) is 0 Å². The maximum absolute atomic E-state index is 5.71. The van der Waals surface area contributed by atoms with Gasteiger partial charge in [-0.25, -0.2) is 0 Å². The molecule has 94 valence electrons. The van der Waals surface area contributed by atoms with E-state index in [1.54, 1.807) is 11.1 Å². The predicted octanol–water partition coefficient (Wildman–Crippen LogP) is 2.38. The average molecular weight is 259 g/mol. The van der Waals surface area contributed by atoms with E-state index in [1.165, 1.54) is 35.3 Å². The van der Waals surface area contributed by atoms with Gasteiger partial charge in [0.2, 0.25) is 0 Å². The second kappa shape index (κ2) is 5.18. The first-order valence-electron chi connectivity index (χ1n) is 6.33. The smallest absolute Gasteiger partial charge is 0.0594 e. The van der Waals surface area contributed by atoms with E-state index in [4.69, 9.17) is 5.84 Å². The molecule has 0 aromatic carbocycles. The Labute approximate surface area is 111 Å². The van der Waals surface area contributed by atoms with Gasteiger partial charge in [-0.1, -0.05) is 6.07 Å². The van der Waals surface area contributed by atoms with Crippen molar-refractivity contribution in [2.24, 2.45) is 5.84 Å². The number of hydrogen-bond donors (Lipinski definition) is 2. The lowest BCUT2D eigenvalue weighted by Crippen LogP contribution is -2.29. The van der Waals surface area contributed by atoms with Crippen LogP contribution in [0.1, 0.15) is 33.3 Å². The van der Waals surface area contributed by atoms with Crippen LogP contribution in [0.3, 0.4) is 0 Å². The van der Waals surface area contributed by atoms with Gasteiger partial charge in [0.25, 0.3) is 0 Å². The molecule has 0 spiro atoms. The summed E-state index contributed by atoms with van der Waals surface area (Å²) in [6, 6.07) is 6.59. The Balaban J connectivity index is 1.79. The van der Waals surface area contributed by atoms with Crippen molar-refractivity contribution in [1.82, 2.24) is 10.4 Å². The van der Waals surface area contributed by atoms with E-state index < -0.39 is 0 Å². The normalized spacial score (nSPS) is 15.6. The molecule has 2 aromatic heterocycles. The second-order valence-corrected chi connectivity index (χ2v) is 5.90. The van der Waals surface area contributed by atoms with Crippen molar-refractivity contribution in [2.45, 2.75) is 31.7 Å². The number of hydrazine groups is 1. The third-order valence-corrected chi connectivity index (χ3v) is 4.82. The lowest BCUT2D eigenvalue weighted by atomic mass is 10.1. The molecule has 3 rings (SSSR count). The highest BCUT2D eigenvalue weighted by molar-refractivity contribution is 7.12. The molecular formula is C14H17N3S. The third kappa shape index (κ3) is 2.32. The van der Waals surface area contributed by atoms with Crippen LogP contribution in [-0.2, 0) is 19.3 Å². The summed E-state index contributed by atoms with van der Waals surface area (Å²) < 4.78 is 0. The van der Waals surface area contributed by atoms with Crippen LogP contribution >= 0.6 is 11.3 Å². The number of aryl methyl sites for hydroxylation is 2. The zero-order valence-corrected chi connectivity index (χ0v) is 11.0. The van der Waals surface area contributed by atoms with Crippen LogP contribution in [0.4, 0.5) is 0 Å². The van der Waals surface area contributed by atoms with Gasteiger partial charge in [0, 0.05) is 22.1 Å². The minimum atomic E-state index is 0.199. The van der Waals surface area contributed by atoms with E-state index in [9.17, 15) is 0 Å². The Kier molecular flexibility index (Phi) is 3.41. The minimum Gasteiger partial charge on any atom is -0.271 e. The lowest BCUT2D eigenvalue weighted by molar-refractivity contribution is 0.559. The highest BCUT2D eigenvalue weighted by Gasteiger charge is 2.19. The molecule has 1 unspecified atom stereocenters. The van der Waals surface area contributed by atoms with E-state index in [-0.39, 0.29) is 6.04 Å². The number of nitrogens with two attached hydrogens (primary N) is 1. The van der Waals surface area contributed by atoms with Gasteiger partial charge in [-0.05, 0) is 48.9 Å². The molecule has 1 aliphatic carbocycles. The zero-order chi connectivity index (χ0) is 12.4. The molecule has 2 aromatic rings. The Hall–Kier alpha value is -1.23. The van der Waals surface area contributed by atoms with Crippen molar-refractivity contribution in [3.63, 3.8) is 0 Å². The Bertz CT molecular complexity index is 500. The van der Waals surface area contributed by atoms with Crippen LogP contribution in [0.2, 0.25) is 0 Å². The van der Waals surface area contributed by atoms with Crippen molar-refractivity contribution in [2.75, 3.05) is 0 Å². The summed E-state index contributed by atoms with van der Waals surface area (Å²) in [6.45, 7) is 0. The summed E-state index contributed by atoms with van der Waals surface area (Å²) in [5.41, 5.74) is 5.68. The summed E-state index contributed by atoms with van der Waals surface area (Å²) in [4.78, 5) is 7.06. The fourth-order valence-electron chi connectivity index (χ4n) is 2.52. The Morgan fingerprint density at radius 1 is 1.44 bits per heavy atom. The number of hydrogen-bond acceptors (Lipinski definition) is 4. The van der Waals surface area contributed by atoms with Crippen LogP contribution in [0.5, 0.6) is 0 Å². The number of nitrogens with one attached hydrogen (secondary N) is 1. The molecule has 1 atom stereocenters. The standard InChI is InChI=1S/C14H17N3S/c15-17-12(7-10-3-2-6-16-9-10)14-8-11-4-1-5-13(11)18-14/h2-3,6,8-9,12,17H,1,4-5,7,15H2. The first-order valence-corrected chi connectivity index (χ1v) is 7.15. The van der Waals surface area contributed by atoms with E-state index >= 15 is 0 Å². The average Bonchev–Trinajstić information content (AvgIpc) is 2.98. The minimum absolute atomic E-state index is 0.199. The highest BCUT2D eigenvalue weighted by Crippen LogP contribution is 2.34. The lowest BCUT2D eigenvalue weighted by Gasteiger charge is -2.14. The molecule has 4 heteroatoms. The van der Waals surface area contributed by atoms with Crippen molar-refractivity contribution in [1.29, 1.82) is 0 Å². The van der Waals surface area contributed by atoms with Crippen molar-refractivity contribution in [3.05, 3.63) is 51.5 Å². The monoisotopic (exact) mass is 259 g/mol. The zero-order valence-electron chi connectivity index (χ0n) is 10.2. The fourth-order valence-corrected chi connectivity index (χ4v) is 3.84. The van der Waals surface area contributed by atoms with Gasteiger partial charge in [0.05, 0.1) is 6.04 Å². The summed E-state index contributed by atoms with van der Waals surface area (Å²) in [6.07, 6.45) is 8.38. The van der Waals surface area contributed by atoms with Gasteiger partial charge in [-0.3, -0.25) is 16.3 Å². The quantitative estimate of drug-likeness (QED) is 0.655. The number of pyridine rings is 1. The molecule has 0 bridgehead atoms. The molecule has 1 aliphatic rings. The van der Waals surface area contributed by atoms with Gasteiger partial charge < -0.3 is 0 Å². The van der Waals surface area contributed by atoms with Crippen LogP contribution in [0.15, 0.2) is 30.6 Å². The molecule has 0 saturated heterocycles. The van der Waals surface area contributed by atoms with E-state index in [1.807, 2.05) is 23.6 Å². The number of nitrogens with zero attached hydrogens (tertiary/aromatic N) is 1. The van der Waals surface area contributed by atoms with Crippen LogP contribution in [-0.4, -0.2) is 4.98 Å². The number of thiophene rings is 1. The van der Waals surface area contributed by atoms with Gasteiger partial charge >= 0.3 is 0 Å². The Morgan fingerprint density at radius 3 is 3.11 bits per heavy atom.